The molecule has 0 bridgehead atoms. The van der Waals surface area contributed by atoms with Crippen molar-refractivity contribution in [1.29, 1.82) is 0 Å². The number of hydrogen-bond donors (Lipinski definition) is 0. The van der Waals surface area contributed by atoms with Crippen LogP contribution in [0.3, 0.4) is 0 Å². The average Bonchev–Trinajstić information content (AvgIpc) is 2.14. The fourth-order valence-corrected chi connectivity index (χ4v) is 0.868. The smallest absolute Gasteiger partial charge is 0.305 e. The molecule has 3 nitrogen and oxygen atoms in total. The van der Waals surface area contributed by atoms with Gasteiger partial charge in [0.15, 0.2) is 0 Å². The van der Waals surface area contributed by atoms with Crippen LogP contribution >= 0.6 is 22.9 Å². The van der Waals surface area contributed by atoms with Crippen molar-refractivity contribution in [2.45, 2.75) is 0 Å². The highest BCUT2D eigenvalue weighted by molar-refractivity contribution is 14.1. The van der Waals surface area contributed by atoms with E-state index in [4.69, 9.17) is 4.42 Å². The maximum absolute atomic E-state index is 4.90. The minimum Gasteiger partial charge on any atom is -0.432 e. The van der Waals surface area contributed by atoms with E-state index in [2.05, 4.69) is 27.9 Å². The Hall–Kier alpha value is -0.260. The van der Waals surface area contributed by atoms with Gasteiger partial charge < -0.3 is 4.42 Å². The zero-order valence-corrected chi connectivity index (χ0v) is 6.49. The zero-order valence-electron chi connectivity index (χ0n) is 4.34. The first-order valence-electron chi connectivity index (χ1n) is 2.09. The van der Waals surface area contributed by atoms with E-state index in [1.165, 1.54) is 0 Å². The highest BCUT2D eigenvalue weighted by atomic mass is 127. The Balaban J connectivity index is 3.31. The van der Waals surface area contributed by atoms with E-state index < -0.39 is 0 Å². The highest BCUT2D eigenvalue weighted by Gasteiger charge is 1.85. The van der Waals surface area contributed by atoms with Gasteiger partial charge in [-0.3, -0.25) is 0 Å². The zero-order chi connectivity index (χ0) is 5.98. The lowest BCUT2D eigenvalue weighted by atomic mass is 11.0. The molecule has 0 saturated carbocycles. The lowest BCUT2D eigenvalue weighted by molar-refractivity contribution is 0.494. The lowest BCUT2D eigenvalue weighted by Gasteiger charge is -1.77. The third-order valence-electron chi connectivity index (χ3n) is 0.739. The SMILES string of the molecule is C/N=c1\occn1I. The Labute approximate surface area is 60.5 Å². The molecule has 1 aromatic heterocycles. The number of nitrogens with zero attached hydrogens (tertiary/aromatic N) is 2. The number of oxazole rings is 1. The summed E-state index contributed by atoms with van der Waals surface area (Å²) in [6.07, 6.45) is 3.39. The van der Waals surface area contributed by atoms with Crippen LogP contribution in [0.4, 0.5) is 0 Å². The van der Waals surface area contributed by atoms with Gasteiger partial charge in [0.1, 0.15) is 6.26 Å². The Morgan fingerprint density at radius 2 is 2.62 bits per heavy atom. The Morgan fingerprint density at radius 1 is 1.88 bits per heavy atom. The van der Waals surface area contributed by atoms with Crippen LogP contribution in [-0.2, 0) is 0 Å². The maximum Gasteiger partial charge on any atom is 0.305 e. The van der Waals surface area contributed by atoms with Gasteiger partial charge in [0, 0.05) is 7.05 Å². The highest BCUT2D eigenvalue weighted by Crippen LogP contribution is 1.86. The fourth-order valence-electron chi connectivity index (χ4n) is 0.407. The van der Waals surface area contributed by atoms with E-state index in [1.807, 2.05) is 0 Å². The molecule has 0 aliphatic rings. The van der Waals surface area contributed by atoms with Crippen molar-refractivity contribution < 1.29 is 4.42 Å². The molecule has 0 atom stereocenters. The second-order valence-electron chi connectivity index (χ2n) is 1.22. The van der Waals surface area contributed by atoms with Gasteiger partial charge >= 0.3 is 5.68 Å². The molecule has 1 heterocycles. The monoisotopic (exact) mass is 224 g/mol. The number of halogens is 1. The molecule has 0 spiro atoms. The lowest BCUT2D eigenvalue weighted by Crippen LogP contribution is -2.04. The second-order valence-corrected chi connectivity index (χ2v) is 2.26. The van der Waals surface area contributed by atoms with E-state index in [-0.39, 0.29) is 0 Å². The van der Waals surface area contributed by atoms with Crippen LogP contribution in [0.1, 0.15) is 0 Å². The molecule has 0 N–H and O–H groups in total. The first-order chi connectivity index (χ1) is 3.84. The van der Waals surface area contributed by atoms with Crippen molar-refractivity contribution >= 4 is 22.9 Å². The van der Waals surface area contributed by atoms with Crippen LogP contribution in [0.2, 0.25) is 0 Å². The van der Waals surface area contributed by atoms with Crippen molar-refractivity contribution in [3.05, 3.63) is 18.1 Å². The molecule has 1 aromatic rings. The van der Waals surface area contributed by atoms with Gasteiger partial charge in [0.05, 0.1) is 29.1 Å². The van der Waals surface area contributed by atoms with Crippen molar-refractivity contribution in [2.24, 2.45) is 4.99 Å². The maximum atomic E-state index is 4.90. The Kier molecular flexibility index (Phi) is 1.72. The van der Waals surface area contributed by atoms with E-state index in [1.54, 1.807) is 22.3 Å². The minimum atomic E-state index is 0.630. The van der Waals surface area contributed by atoms with Gasteiger partial charge in [-0.15, -0.1) is 0 Å². The van der Waals surface area contributed by atoms with Gasteiger partial charge in [-0.1, -0.05) is 0 Å². The first-order valence-corrected chi connectivity index (χ1v) is 3.06. The van der Waals surface area contributed by atoms with Crippen LogP contribution in [0.5, 0.6) is 0 Å². The molecule has 0 amide bonds. The summed E-state index contributed by atoms with van der Waals surface area (Å²) >= 11 is 2.08. The molecule has 4 heteroatoms. The third-order valence-corrected chi connectivity index (χ3v) is 1.47. The summed E-state index contributed by atoms with van der Waals surface area (Å²) < 4.78 is 6.68. The van der Waals surface area contributed by atoms with E-state index in [9.17, 15) is 0 Å². The van der Waals surface area contributed by atoms with Gasteiger partial charge in [-0.05, 0) is 0 Å². The van der Waals surface area contributed by atoms with Gasteiger partial charge in [0.25, 0.3) is 0 Å². The van der Waals surface area contributed by atoms with Crippen LogP contribution in [-0.4, -0.2) is 9.83 Å². The molecule has 0 unspecified atom stereocenters. The van der Waals surface area contributed by atoms with Crippen molar-refractivity contribution in [3.8, 4) is 0 Å². The summed E-state index contributed by atoms with van der Waals surface area (Å²) in [5.74, 6) is 0. The average molecular weight is 224 g/mol. The summed E-state index contributed by atoms with van der Waals surface area (Å²) in [6, 6.07) is 0. The molecule has 44 valence electrons. The van der Waals surface area contributed by atoms with Crippen molar-refractivity contribution in [1.82, 2.24) is 2.78 Å². The Bertz CT molecular complexity index is 224. The quantitative estimate of drug-likeness (QED) is 0.599. The Morgan fingerprint density at radius 3 is 2.88 bits per heavy atom. The predicted molar refractivity (Wildman–Crippen MR) is 37.6 cm³/mol. The van der Waals surface area contributed by atoms with Gasteiger partial charge in [0.2, 0.25) is 0 Å². The summed E-state index contributed by atoms with van der Waals surface area (Å²) in [5, 5.41) is 0. The topological polar surface area (TPSA) is 30.4 Å². The van der Waals surface area contributed by atoms with Crippen molar-refractivity contribution in [2.75, 3.05) is 7.05 Å². The number of hydrogen-bond acceptors (Lipinski definition) is 2. The normalized spacial score (nSPS) is 12.5. The summed E-state index contributed by atoms with van der Waals surface area (Å²) in [6.45, 7) is 0. The van der Waals surface area contributed by atoms with Crippen molar-refractivity contribution in [3.63, 3.8) is 0 Å². The fraction of sp³-hybridized carbons (Fsp3) is 0.250. The molecule has 0 aliphatic heterocycles. The number of rotatable bonds is 0. The first kappa shape index (κ1) is 5.87. The van der Waals surface area contributed by atoms with Gasteiger partial charge in [-0.25, -0.2) is 7.77 Å². The summed E-state index contributed by atoms with van der Waals surface area (Å²) in [5.41, 5.74) is 0.630. The molecule has 8 heavy (non-hydrogen) atoms. The molecule has 1 rings (SSSR count). The minimum absolute atomic E-state index is 0.630. The molecule has 0 aliphatic carbocycles. The molecule has 0 saturated heterocycles. The van der Waals surface area contributed by atoms with Gasteiger partial charge in [-0.2, -0.15) is 0 Å². The molecular formula is C4H5IN2O. The van der Waals surface area contributed by atoms with Crippen LogP contribution in [0.15, 0.2) is 21.9 Å². The third kappa shape index (κ3) is 0.936. The van der Waals surface area contributed by atoms with Crippen LogP contribution in [0, 0.1) is 0 Å². The van der Waals surface area contributed by atoms with Crippen LogP contribution < -0.4 is 5.68 Å². The standard InChI is InChI=1S/C4H5IN2O/c1-6-4-7(5)2-3-8-4/h2-3H,1H3/b6-4-. The largest absolute Gasteiger partial charge is 0.432 e. The predicted octanol–water partition coefficient (Wildman–Crippen LogP) is 0.810. The number of aromatic nitrogens is 1. The summed E-state index contributed by atoms with van der Waals surface area (Å²) in [4.78, 5) is 3.82. The molecule has 0 fully saturated rings. The van der Waals surface area contributed by atoms with Crippen LogP contribution in [0.25, 0.3) is 0 Å². The molecular weight excluding hydrogens is 219 g/mol. The van der Waals surface area contributed by atoms with E-state index >= 15 is 0 Å². The molecule has 0 aromatic carbocycles. The summed E-state index contributed by atoms with van der Waals surface area (Å²) in [7, 11) is 1.69. The van der Waals surface area contributed by atoms with E-state index in [0.29, 0.717) is 5.68 Å². The molecule has 0 radical (unpaired) electrons. The second kappa shape index (κ2) is 2.34. The van der Waals surface area contributed by atoms with E-state index in [0.717, 1.165) is 0 Å².